The average molecular weight is 353 g/mol. The van der Waals surface area contributed by atoms with Gasteiger partial charge in [0.2, 0.25) is 0 Å². The molecule has 0 aliphatic carbocycles. The lowest BCUT2D eigenvalue weighted by molar-refractivity contribution is 0.214. The summed E-state index contributed by atoms with van der Waals surface area (Å²) >= 11 is 3.41. The summed E-state index contributed by atoms with van der Waals surface area (Å²) in [6, 6.07) is 10.8. The Balaban J connectivity index is 2.44. The van der Waals surface area contributed by atoms with E-state index in [-0.39, 0.29) is 0 Å². The molecule has 0 aromatic heterocycles. The van der Waals surface area contributed by atoms with Crippen molar-refractivity contribution in [1.82, 2.24) is 0 Å². The van der Waals surface area contributed by atoms with E-state index in [4.69, 9.17) is 14.2 Å². The standard InChI is InChI=1S/C16H17BrO4/c1-19-13-7-5-11(17)9-12(13)16(18)10-4-6-14(20-2)15(8-10)21-3/h4-9,16,18H,1-3H3. The van der Waals surface area contributed by atoms with E-state index in [2.05, 4.69) is 15.9 Å². The molecule has 0 fully saturated rings. The van der Waals surface area contributed by atoms with Crippen LogP contribution in [0.5, 0.6) is 17.2 Å². The lowest BCUT2D eigenvalue weighted by Crippen LogP contribution is -2.03. The summed E-state index contributed by atoms with van der Waals surface area (Å²) in [5.41, 5.74) is 1.38. The van der Waals surface area contributed by atoms with Crippen LogP contribution < -0.4 is 14.2 Å². The van der Waals surface area contributed by atoms with Crippen LogP contribution in [0.25, 0.3) is 0 Å². The summed E-state index contributed by atoms with van der Waals surface area (Å²) < 4.78 is 16.6. The number of methoxy groups -OCH3 is 3. The van der Waals surface area contributed by atoms with Gasteiger partial charge in [0, 0.05) is 10.0 Å². The van der Waals surface area contributed by atoms with E-state index >= 15 is 0 Å². The lowest BCUT2D eigenvalue weighted by atomic mass is 10.00. The van der Waals surface area contributed by atoms with Crippen LogP contribution in [0, 0.1) is 0 Å². The number of rotatable bonds is 5. The average Bonchev–Trinajstić information content (AvgIpc) is 2.53. The van der Waals surface area contributed by atoms with Gasteiger partial charge in [-0.2, -0.15) is 0 Å². The van der Waals surface area contributed by atoms with Crippen LogP contribution in [0.3, 0.4) is 0 Å². The van der Waals surface area contributed by atoms with Crippen LogP contribution in [0.4, 0.5) is 0 Å². The topological polar surface area (TPSA) is 47.9 Å². The van der Waals surface area contributed by atoms with Gasteiger partial charge in [0.05, 0.1) is 21.3 Å². The summed E-state index contributed by atoms with van der Waals surface area (Å²) in [5, 5.41) is 10.6. The smallest absolute Gasteiger partial charge is 0.161 e. The van der Waals surface area contributed by atoms with Crippen molar-refractivity contribution >= 4 is 15.9 Å². The molecule has 2 aromatic carbocycles. The fourth-order valence-electron chi connectivity index (χ4n) is 2.12. The zero-order valence-corrected chi connectivity index (χ0v) is 13.7. The van der Waals surface area contributed by atoms with E-state index in [1.54, 1.807) is 39.5 Å². The molecule has 0 amide bonds. The Bertz CT molecular complexity index is 628. The van der Waals surface area contributed by atoms with Gasteiger partial charge in [0.1, 0.15) is 11.9 Å². The molecule has 0 saturated carbocycles. The van der Waals surface area contributed by atoms with Gasteiger partial charge in [0.25, 0.3) is 0 Å². The van der Waals surface area contributed by atoms with Crippen molar-refractivity contribution in [3.8, 4) is 17.2 Å². The fourth-order valence-corrected chi connectivity index (χ4v) is 2.50. The lowest BCUT2D eigenvalue weighted by Gasteiger charge is -2.17. The summed E-state index contributed by atoms with van der Waals surface area (Å²) in [6.45, 7) is 0. The molecule has 1 unspecified atom stereocenters. The van der Waals surface area contributed by atoms with E-state index in [0.717, 1.165) is 4.47 Å². The van der Waals surface area contributed by atoms with Crippen molar-refractivity contribution in [1.29, 1.82) is 0 Å². The van der Waals surface area contributed by atoms with E-state index in [1.165, 1.54) is 0 Å². The molecule has 21 heavy (non-hydrogen) atoms. The number of ether oxygens (including phenoxy) is 3. The predicted octanol–water partition coefficient (Wildman–Crippen LogP) is 3.56. The number of hydrogen-bond donors (Lipinski definition) is 1. The highest BCUT2D eigenvalue weighted by atomic mass is 79.9. The zero-order chi connectivity index (χ0) is 15.4. The molecule has 0 aliphatic heterocycles. The zero-order valence-electron chi connectivity index (χ0n) is 12.1. The second kappa shape index (κ2) is 6.83. The first-order chi connectivity index (χ1) is 10.1. The Kier molecular flexibility index (Phi) is 5.09. The van der Waals surface area contributed by atoms with E-state index < -0.39 is 6.10 Å². The second-order valence-corrected chi connectivity index (χ2v) is 5.32. The van der Waals surface area contributed by atoms with Crippen LogP contribution in [-0.2, 0) is 0 Å². The first-order valence-corrected chi connectivity index (χ1v) is 7.13. The molecule has 112 valence electrons. The maximum atomic E-state index is 10.6. The van der Waals surface area contributed by atoms with E-state index in [1.807, 2.05) is 18.2 Å². The number of aliphatic hydroxyl groups is 1. The van der Waals surface area contributed by atoms with Crippen molar-refractivity contribution in [3.05, 3.63) is 52.0 Å². The molecule has 0 spiro atoms. The number of aliphatic hydroxyl groups excluding tert-OH is 1. The third kappa shape index (κ3) is 3.31. The highest BCUT2D eigenvalue weighted by Gasteiger charge is 2.18. The Labute approximate surface area is 132 Å². The molecule has 0 bridgehead atoms. The molecular formula is C16H17BrO4. The monoisotopic (exact) mass is 352 g/mol. The van der Waals surface area contributed by atoms with Crippen molar-refractivity contribution in [2.75, 3.05) is 21.3 Å². The molecule has 0 aliphatic rings. The first kappa shape index (κ1) is 15.7. The van der Waals surface area contributed by atoms with Crippen LogP contribution in [-0.4, -0.2) is 26.4 Å². The minimum Gasteiger partial charge on any atom is -0.496 e. The summed E-state index contributed by atoms with van der Waals surface area (Å²) in [4.78, 5) is 0. The van der Waals surface area contributed by atoms with E-state index in [0.29, 0.717) is 28.4 Å². The largest absolute Gasteiger partial charge is 0.496 e. The maximum Gasteiger partial charge on any atom is 0.161 e. The summed E-state index contributed by atoms with van der Waals surface area (Å²) in [6.07, 6.45) is -0.822. The summed E-state index contributed by atoms with van der Waals surface area (Å²) in [5.74, 6) is 1.82. The number of benzene rings is 2. The second-order valence-electron chi connectivity index (χ2n) is 4.40. The quantitative estimate of drug-likeness (QED) is 0.893. The van der Waals surface area contributed by atoms with Crippen LogP contribution in [0.1, 0.15) is 17.2 Å². The third-order valence-corrected chi connectivity index (χ3v) is 3.70. The molecule has 2 aromatic rings. The molecule has 1 N–H and O–H groups in total. The SMILES string of the molecule is COc1ccc(C(O)c2cc(Br)ccc2OC)cc1OC. The normalized spacial score (nSPS) is 11.9. The Morgan fingerprint density at radius 1 is 0.857 bits per heavy atom. The van der Waals surface area contributed by atoms with Gasteiger partial charge in [-0.15, -0.1) is 0 Å². The van der Waals surface area contributed by atoms with Crippen molar-refractivity contribution in [2.45, 2.75) is 6.10 Å². The highest BCUT2D eigenvalue weighted by molar-refractivity contribution is 9.10. The molecule has 1 atom stereocenters. The summed E-state index contributed by atoms with van der Waals surface area (Å²) in [7, 11) is 4.72. The molecule has 0 heterocycles. The Hall–Kier alpha value is -1.72. The number of halogens is 1. The minimum atomic E-state index is -0.822. The third-order valence-electron chi connectivity index (χ3n) is 3.21. The Morgan fingerprint density at radius 3 is 2.10 bits per heavy atom. The van der Waals surface area contributed by atoms with Gasteiger partial charge in [-0.25, -0.2) is 0 Å². The van der Waals surface area contributed by atoms with Gasteiger partial charge in [-0.05, 0) is 35.9 Å². The Morgan fingerprint density at radius 2 is 1.48 bits per heavy atom. The van der Waals surface area contributed by atoms with Crippen molar-refractivity contribution in [3.63, 3.8) is 0 Å². The maximum absolute atomic E-state index is 10.6. The van der Waals surface area contributed by atoms with Crippen LogP contribution in [0.15, 0.2) is 40.9 Å². The number of hydrogen-bond acceptors (Lipinski definition) is 4. The van der Waals surface area contributed by atoms with Gasteiger partial charge in [-0.3, -0.25) is 0 Å². The molecule has 5 heteroatoms. The molecule has 4 nitrogen and oxygen atoms in total. The predicted molar refractivity (Wildman–Crippen MR) is 84.3 cm³/mol. The molecular weight excluding hydrogens is 336 g/mol. The van der Waals surface area contributed by atoms with Gasteiger partial charge in [-0.1, -0.05) is 22.0 Å². The highest BCUT2D eigenvalue weighted by Crippen LogP contribution is 2.36. The molecule has 0 radical (unpaired) electrons. The van der Waals surface area contributed by atoms with Gasteiger partial charge in [0.15, 0.2) is 11.5 Å². The van der Waals surface area contributed by atoms with Gasteiger partial charge >= 0.3 is 0 Å². The molecule has 0 saturated heterocycles. The first-order valence-electron chi connectivity index (χ1n) is 6.34. The fraction of sp³-hybridized carbons (Fsp3) is 0.250. The van der Waals surface area contributed by atoms with Crippen molar-refractivity contribution in [2.24, 2.45) is 0 Å². The van der Waals surface area contributed by atoms with Crippen LogP contribution in [0.2, 0.25) is 0 Å². The van der Waals surface area contributed by atoms with E-state index in [9.17, 15) is 5.11 Å². The minimum absolute atomic E-state index is 0.572. The molecule has 2 rings (SSSR count). The van der Waals surface area contributed by atoms with Gasteiger partial charge < -0.3 is 19.3 Å². The van der Waals surface area contributed by atoms with Crippen LogP contribution >= 0.6 is 15.9 Å². The van der Waals surface area contributed by atoms with Crippen molar-refractivity contribution < 1.29 is 19.3 Å².